The third kappa shape index (κ3) is 2.97. The van der Waals surface area contributed by atoms with Crippen LogP contribution in [0, 0.1) is 11.7 Å². The van der Waals surface area contributed by atoms with Crippen molar-refractivity contribution in [3.05, 3.63) is 35.6 Å². The van der Waals surface area contributed by atoms with Gasteiger partial charge in [0.2, 0.25) is 0 Å². The lowest BCUT2D eigenvalue weighted by Crippen LogP contribution is -2.53. The molecule has 0 aromatic heterocycles. The smallest absolute Gasteiger partial charge is 0.411 e. The standard InChI is InChI=1S/C18H22FNO4/c1-17(2,3)24-16(23)20-10-18(11-5-4-6-13(19)7-11)9-12(18)8-14(20)15(21)22/h4-7,12,14H,8-10H2,1-3H3,(H,21,22)/t12?,14?,18-/m1/s1. The number of carbonyl (C=O) groups excluding carboxylic acids is 1. The first-order valence-corrected chi connectivity index (χ1v) is 8.11. The molecular weight excluding hydrogens is 313 g/mol. The van der Waals surface area contributed by atoms with E-state index in [9.17, 15) is 19.1 Å². The summed E-state index contributed by atoms with van der Waals surface area (Å²) in [6.07, 6.45) is 0.501. The van der Waals surface area contributed by atoms with Crippen molar-refractivity contribution in [1.29, 1.82) is 0 Å². The molecule has 1 aromatic rings. The van der Waals surface area contributed by atoms with Crippen molar-refractivity contribution in [3.63, 3.8) is 0 Å². The van der Waals surface area contributed by atoms with E-state index in [1.54, 1.807) is 26.8 Å². The van der Waals surface area contributed by atoms with Crippen molar-refractivity contribution in [2.24, 2.45) is 5.92 Å². The van der Waals surface area contributed by atoms with Gasteiger partial charge in [0.05, 0.1) is 0 Å². The van der Waals surface area contributed by atoms with Gasteiger partial charge in [-0.3, -0.25) is 4.90 Å². The number of nitrogens with zero attached hydrogens (tertiary/aromatic N) is 1. The van der Waals surface area contributed by atoms with Gasteiger partial charge in [0.1, 0.15) is 17.5 Å². The number of rotatable bonds is 2. The minimum Gasteiger partial charge on any atom is -0.480 e. The van der Waals surface area contributed by atoms with Crippen LogP contribution in [0.3, 0.4) is 0 Å². The van der Waals surface area contributed by atoms with Gasteiger partial charge in [-0.05, 0) is 57.2 Å². The lowest BCUT2D eigenvalue weighted by molar-refractivity contribution is -0.144. The Bertz CT molecular complexity index is 684. The second kappa shape index (κ2) is 5.46. The van der Waals surface area contributed by atoms with Crippen LogP contribution in [0.5, 0.6) is 0 Å². The maximum atomic E-state index is 13.6. The zero-order valence-electron chi connectivity index (χ0n) is 14.1. The van der Waals surface area contributed by atoms with Gasteiger partial charge in [-0.25, -0.2) is 14.0 Å². The van der Waals surface area contributed by atoms with Gasteiger partial charge < -0.3 is 9.84 Å². The maximum absolute atomic E-state index is 13.6. The molecule has 3 rings (SSSR count). The molecule has 2 unspecified atom stereocenters. The van der Waals surface area contributed by atoms with Crippen LogP contribution < -0.4 is 0 Å². The molecule has 1 saturated heterocycles. The molecule has 1 aliphatic heterocycles. The van der Waals surface area contributed by atoms with Crippen LogP contribution in [0.25, 0.3) is 0 Å². The Morgan fingerprint density at radius 2 is 2.08 bits per heavy atom. The quantitative estimate of drug-likeness (QED) is 0.901. The average Bonchev–Trinajstić information content (AvgIpc) is 3.18. The van der Waals surface area contributed by atoms with E-state index in [-0.39, 0.29) is 23.7 Å². The molecule has 5 nitrogen and oxygen atoms in total. The molecule has 1 saturated carbocycles. The summed E-state index contributed by atoms with van der Waals surface area (Å²) in [7, 11) is 0. The number of likely N-dealkylation sites (tertiary alicyclic amines) is 1. The summed E-state index contributed by atoms with van der Waals surface area (Å²) in [6, 6.07) is 5.46. The number of aliphatic carboxylic acids is 1. The molecule has 2 fully saturated rings. The van der Waals surface area contributed by atoms with Gasteiger partial charge in [-0.15, -0.1) is 0 Å². The minimum atomic E-state index is -1.03. The number of piperidine rings is 1. The van der Waals surface area contributed by atoms with Gasteiger partial charge in [0.15, 0.2) is 0 Å². The molecule has 0 spiro atoms. The summed E-state index contributed by atoms with van der Waals surface area (Å²) in [6.45, 7) is 5.47. The van der Waals surface area contributed by atoms with E-state index in [1.807, 2.05) is 6.07 Å². The molecule has 130 valence electrons. The van der Waals surface area contributed by atoms with Crippen molar-refractivity contribution >= 4 is 12.1 Å². The van der Waals surface area contributed by atoms with Crippen molar-refractivity contribution in [2.75, 3.05) is 6.54 Å². The van der Waals surface area contributed by atoms with E-state index >= 15 is 0 Å². The zero-order valence-corrected chi connectivity index (χ0v) is 14.1. The minimum absolute atomic E-state index is 0.152. The van der Waals surface area contributed by atoms with E-state index in [1.165, 1.54) is 17.0 Å². The van der Waals surface area contributed by atoms with Crippen molar-refractivity contribution in [2.45, 2.75) is 50.7 Å². The molecular formula is C18H22FNO4. The normalized spacial score (nSPS) is 28.9. The Hall–Kier alpha value is -2.11. The molecule has 2 aliphatic rings. The summed E-state index contributed by atoms with van der Waals surface area (Å²) in [4.78, 5) is 25.4. The second-order valence-electron chi connectivity index (χ2n) is 7.77. The fourth-order valence-electron chi connectivity index (χ4n) is 3.68. The van der Waals surface area contributed by atoms with Crippen molar-refractivity contribution in [3.8, 4) is 0 Å². The highest BCUT2D eigenvalue weighted by Gasteiger charge is 2.62. The van der Waals surface area contributed by atoms with Crippen LogP contribution in [-0.4, -0.2) is 40.3 Å². The number of halogens is 1. The number of benzene rings is 1. The molecule has 1 heterocycles. The summed E-state index contributed by atoms with van der Waals surface area (Å²) >= 11 is 0. The highest BCUT2D eigenvalue weighted by atomic mass is 19.1. The third-order valence-corrected chi connectivity index (χ3v) is 4.88. The van der Waals surface area contributed by atoms with Crippen LogP contribution in [0.2, 0.25) is 0 Å². The zero-order chi connectivity index (χ0) is 17.7. The monoisotopic (exact) mass is 335 g/mol. The van der Waals surface area contributed by atoms with E-state index in [2.05, 4.69) is 0 Å². The summed E-state index contributed by atoms with van der Waals surface area (Å²) in [5, 5.41) is 9.48. The van der Waals surface area contributed by atoms with Gasteiger partial charge in [-0.2, -0.15) is 0 Å². The lowest BCUT2D eigenvalue weighted by Gasteiger charge is -2.38. The van der Waals surface area contributed by atoms with Crippen LogP contribution in [0.1, 0.15) is 39.2 Å². The first-order chi connectivity index (χ1) is 11.1. The maximum Gasteiger partial charge on any atom is 0.411 e. The molecule has 6 heteroatoms. The second-order valence-corrected chi connectivity index (χ2v) is 7.77. The lowest BCUT2D eigenvalue weighted by atomic mass is 9.86. The summed E-state index contributed by atoms with van der Waals surface area (Å²) in [5.41, 5.74) is -0.234. The molecule has 1 aromatic carbocycles. The number of hydrogen-bond acceptors (Lipinski definition) is 3. The van der Waals surface area contributed by atoms with Gasteiger partial charge in [0.25, 0.3) is 0 Å². The van der Waals surface area contributed by atoms with Crippen molar-refractivity contribution < 1.29 is 23.8 Å². The predicted molar refractivity (Wildman–Crippen MR) is 85.2 cm³/mol. The van der Waals surface area contributed by atoms with E-state index < -0.39 is 23.7 Å². The number of hydrogen-bond donors (Lipinski definition) is 1. The van der Waals surface area contributed by atoms with E-state index in [0.717, 1.165) is 12.0 Å². The Labute approximate surface area is 140 Å². The Kier molecular flexibility index (Phi) is 3.81. The molecule has 24 heavy (non-hydrogen) atoms. The number of carboxylic acid groups (broad SMARTS) is 1. The average molecular weight is 335 g/mol. The van der Waals surface area contributed by atoms with Gasteiger partial charge in [0, 0.05) is 12.0 Å². The molecule has 1 N–H and O–H groups in total. The van der Waals surface area contributed by atoms with Crippen LogP contribution in [-0.2, 0) is 14.9 Å². The fourth-order valence-corrected chi connectivity index (χ4v) is 3.68. The van der Waals surface area contributed by atoms with Crippen LogP contribution in [0.4, 0.5) is 9.18 Å². The Balaban J connectivity index is 1.88. The number of carboxylic acids is 1. The van der Waals surface area contributed by atoms with Crippen molar-refractivity contribution in [1.82, 2.24) is 4.90 Å². The number of amides is 1. The number of carbonyl (C=O) groups is 2. The highest BCUT2D eigenvalue weighted by Crippen LogP contribution is 2.60. The molecule has 1 aliphatic carbocycles. The van der Waals surface area contributed by atoms with E-state index in [0.29, 0.717) is 6.42 Å². The van der Waals surface area contributed by atoms with Crippen LogP contribution >= 0.6 is 0 Å². The number of ether oxygens (including phenoxy) is 1. The topological polar surface area (TPSA) is 66.8 Å². The largest absolute Gasteiger partial charge is 0.480 e. The van der Waals surface area contributed by atoms with Gasteiger partial charge in [-0.1, -0.05) is 12.1 Å². The molecule has 0 bridgehead atoms. The molecule has 3 atom stereocenters. The summed E-state index contributed by atoms with van der Waals surface area (Å²) < 4.78 is 19.0. The van der Waals surface area contributed by atoms with Crippen LogP contribution in [0.15, 0.2) is 24.3 Å². The third-order valence-electron chi connectivity index (χ3n) is 4.88. The molecule has 1 amide bonds. The Morgan fingerprint density at radius 3 is 2.67 bits per heavy atom. The first kappa shape index (κ1) is 16.7. The SMILES string of the molecule is CC(C)(C)OC(=O)N1C[C@@]2(c3cccc(F)c3)CC2CC1C(=O)O. The first-order valence-electron chi connectivity index (χ1n) is 8.11. The fraction of sp³-hybridized carbons (Fsp3) is 0.556. The highest BCUT2D eigenvalue weighted by molar-refractivity contribution is 5.81. The summed E-state index contributed by atoms with van der Waals surface area (Å²) in [5.74, 6) is -1.20. The Morgan fingerprint density at radius 1 is 1.38 bits per heavy atom. The predicted octanol–water partition coefficient (Wildman–Crippen LogP) is 3.18. The number of fused-ring (bicyclic) bond motifs is 1. The van der Waals surface area contributed by atoms with Gasteiger partial charge >= 0.3 is 12.1 Å². The molecule has 0 radical (unpaired) electrons. The van der Waals surface area contributed by atoms with E-state index in [4.69, 9.17) is 4.74 Å².